The van der Waals surface area contributed by atoms with Crippen LogP contribution >= 0.6 is 0 Å². The van der Waals surface area contributed by atoms with E-state index >= 15 is 0 Å². The lowest BCUT2D eigenvalue weighted by Gasteiger charge is -2.36. The number of hydrogen-bond acceptors (Lipinski definition) is 6. The molecule has 1 unspecified atom stereocenters. The van der Waals surface area contributed by atoms with E-state index in [0.717, 1.165) is 43.1 Å². The lowest BCUT2D eigenvalue weighted by atomic mass is 10.0. The molecule has 6 heteroatoms. The van der Waals surface area contributed by atoms with Crippen LogP contribution in [0.2, 0.25) is 0 Å². The molecule has 0 bridgehead atoms. The Morgan fingerprint density at radius 1 is 1.16 bits per heavy atom. The van der Waals surface area contributed by atoms with Crippen molar-refractivity contribution in [3.05, 3.63) is 59.8 Å². The van der Waals surface area contributed by atoms with Gasteiger partial charge in [0.05, 0.1) is 0 Å². The van der Waals surface area contributed by atoms with Crippen molar-refractivity contribution in [2.45, 2.75) is 13.0 Å². The number of aliphatic hydroxyl groups is 1. The Balaban J connectivity index is 1.58. The summed E-state index contributed by atoms with van der Waals surface area (Å²) >= 11 is 0. The third kappa shape index (κ3) is 4.35. The molecule has 1 aliphatic rings. The Morgan fingerprint density at radius 3 is 2.60 bits per heavy atom. The zero-order valence-electron chi connectivity index (χ0n) is 14.4. The zero-order valence-corrected chi connectivity index (χ0v) is 14.4. The maximum atomic E-state index is 10.5. The van der Waals surface area contributed by atoms with Gasteiger partial charge in [0.2, 0.25) is 0 Å². The van der Waals surface area contributed by atoms with Crippen molar-refractivity contribution in [2.24, 2.45) is 5.16 Å². The number of benzene rings is 1. The topological polar surface area (TPSA) is 72.2 Å². The van der Waals surface area contributed by atoms with Crippen LogP contribution in [0.4, 0.5) is 5.82 Å². The Morgan fingerprint density at radius 2 is 1.96 bits per heavy atom. The first kappa shape index (κ1) is 17.4. The Bertz CT molecular complexity index is 712. The number of hydrogen-bond donors (Lipinski definition) is 2. The highest BCUT2D eigenvalue weighted by molar-refractivity contribution is 6.03. The first-order valence-corrected chi connectivity index (χ1v) is 8.53. The van der Waals surface area contributed by atoms with Gasteiger partial charge in [-0.3, -0.25) is 4.90 Å². The number of oxime groups is 1. The van der Waals surface area contributed by atoms with Gasteiger partial charge < -0.3 is 15.2 Å². The van der Waals surface area contributed by atoms with E-state index in [1.54, 1.807) is 6.20 Å². The standard InChI is InChI=1S/C19H24N4O2/c1-15-5-4-6-16(13-15)19(21-25)17(24)14-22-9-11-23(12-10-22)18-7-2-3-8-20-18/h2-8,13,17,24-25H,9-12,14H2,1H3/b21-19-. The SMILES string of the molecule is Cc1cccc(/C(=N/O)C(O)CN2CCN(c3ccccn3)CC2)c1. The third-order valence-electron chi connectivity index (χ3n) is 4.51. The molecule has 0 aliphatic carbocycles. The Kier molecular flexibility index (Phi) is 5.63. The normalized spacial score (nSPS) is 17.5. The van der Waals surface area contributed by atoms with E-state index in [0.29, 0.717) is 12.3 Å². The van der Waals surface area contributed by atoms with Gasteiger partial charge in [-0.05, 0) is 25.1 Å². The minimum Gasteiger partial charge on any atom is -0.411 e. The van der Waals surface area contributed by atoms with Crippen LogP contribution in [0.1, 0.15) is 11.1 Å². The molecule has 132 valence electrons. The maximum Gasteiger partial charge on any atom is 0.128 e. The highest BCUT2D eigenvalue weighted by atomic mass is 16.4. The van der Waals surface area contributed by atoms with Crippen molar-refractivity contribution >= 4 is 11.5 Å². The number of rotatable bonds is 5. The number of pyridine rings is 1. The minimum atomic E-state index is -0.826. The predicted octanol–water partition coefficient (Wildman–Crippen LogP) is 1.75. The molecule has 1 fully saturated rings. The molecule has 3 rings (SSSR count). The van der Waals surface area contributed by atoms with Gasteiger partial charge in [-0.25, -0.2) is 4.98 Å². The second kappa shape index (κ2) is 8.09. The maximum absolute atomic E-state index is 10.5. The molecule has 0 spiro atoms. The largest absolute Gasteiger partial charge is 0.411 e. The smallest absolute Gasteiger partial charge is 0.128 e. The molecule has 1 aliphatic heterocycles. The fraction of sp³-hybridized carbons (Fsp3) is 0.368. The number of β-amino-alcohol motifs (C(OH)–C–C–N with tert-alkyl or cyclic N) is 1. The lowest BCUT2D eigenvalue weighted by molar-refractivity contribution is 0.150. The lowest BCUT2D eigenvalue weighted by Crippen LogP contribution is -2.50. The van der Waals surface area contributed by atoms with Crippen LogP contribution in [0.5, 0.6) is 0 Å². The summed E-state index contributed by atoms with van der Waals surface area (Å²) in [5.41, 5.74) is 2.13. The minimum absolute atomic E-state index is 0.316. The number of aryl methyl sites for hydroxylation is 1. The van der Waals surface area contributed by atoms with Crippen LogP contribution in [0, 0.1) is 6.92 Å². The molecule has 1 aromatic heterocycles. The summed E-state index contributed by atoms with van der Waals surface area (Å²) in [5, 5.41) is 23.2. The molecule has 2 aromatic rings. The van der Waals surface area contributed by atoms with Crippen LogP contribution in [-0.4, -0.2) is 64.7 Å². The summed E-state index contributed by atoms with van der Waals surface area (Å²) in [6.45, 7) is 5.81. The molecule has 25 heavy (non-hydrogen) atoms. The van der Waals surface area contributed by atoms with E-state index in [9.17, 15) is 10.3 Å². The van der Waals surface area contributed by atoms with Gasteiger partial charge in [-0.2, -0.15) is 0 Å². The van der Waals surface area contributed by atoms with Gasteiger partial charge in [-0.1, -0.05) is 35.0 Å². The fourth-order valence-electron chi connectivity index (χ4n) is 3.15. The van der Waals surface area contributed by atoms with Crippen molar-refractivity contribution in [1.29, 1.82) is 0 Å². The highest BCUT2D eigenvalue weighted by Crippen LogP contribution is 2.14. The summed E-state index contributed by atoms with van der Waals surface area (Å²) < 4.78 is 0. The van der Waals surface area contributed by atoms with E-state index in [-0.39, 0.29) is 0 Å². The van der Waals surface area contributed by atoms with Crippen LogP contribution in [0.15, 0.2) is 53.8 Å². The summed E-state index contributed by atoms with van der Waals surface area (Å²) in [7, 11) is 0. The van der Waals surface area contributed by atoms with E-state index in [1.165, 1.54) is 0 Å². The predicted molar refractivity (Wildman–Crippen MR) is 98.4 cm³/mol. The Hall–Kier alpha value is -2.44. The van der Waals surface area contributed by atoms with Gasteiger partial charge in [0.25, 0.3) is 0 Å². The monoisotopic (exact) mass is 340 g/mol. The van der Waals surface area contributed by atoms with Gasteiger partial charge in [-0.15, -0.1) is 0 Å². The fourth-order valence-corrected chi connectivity index (χ4v) is 3.15. The van der Waals surface area contributed by atoms with Crippen LogP contribution in [0.3, 0.4) is 0 Å². The molecule has 1 saturated heterocycles. The van der Waals surface area contributed by atoms with Crippen molar-refractivity contribution in [3.63, 3.8) is 0 Å². The van der Waals surface area contributed by atoms with Crippen LogP contribution < -0.4 is 4.90 Å². The second-order valence-electron chi connectivity index (χ2n) is 6.35. The van der Waals surface area contributed by atoms with Gasteiger partial charge in [0.15, 0.2) is 0 Å². The van der Waals surface area contributed by atoms with Gasteiger partial charge in [0, 0.05) is 44.5 Å². The molecule has 1 aromatic carbocycles. The molecule has 2 heterocycles. The molecule has 6 nitrogen and oxygen atoms in total. The average Bonchev–Trinajstić information content (AvgIpc) is 2.64. The van der Waals surface area contributed by atoms with Crippen molar-refractivity contribution in [3.8, 4) is 0 Å². The number of aromatic nitrogens is 1. The first-order chi connectivity index (χ1) is 12.2. The summed E-state index contributed by atoms with van der Waals surface area (Å²) in [5.74, 6) is 0.986. The van der Waals surface area contributed by atoms with Crippen LogP contribution in [-0.2, 0) is 0 Å². The number of nitrogens with zero attached hydrogens (tertiary/aromatic N) is 4. The van der Waals surface area contributed by atoms with Gasteiger partial charge >= 0.3 is 0 Å². The van der Waals surface area contributed by atoms with Crippen molar-refractivity contribution in [2.75, 3.05) is 37.6 Å². The average molecular weight is 340 g/mol. The van der Waals surface area contributed by atoms with E-state index in [2.05, 4.69) is 19.9 Å². The first-order valence-electron chi connectivity index (χ1n) is 8.53. The zero-order chi connectivity index (χ0) is 17.6. The molecule has 2 N–H and O–H groups in total. The summed E-state index contributed by atoms with van der Waals surface area (Å²) in [6.07, 6.45) is 0.977. The number of piperazine rings is 1. The third-order valence-corrected chi connectivity index (χ3v) is 4.51. The molecule has 0 radical (unpaired) electrons. The Labute approximate surface area is 148 Å². The van der Waals surface area contributed by atoms with Gasteiger partial charge in [0.1, 0.15) is 17.6 Å². The molecule has 1 atom stereocenters. The van der Waals surface area contributed by atoms with E-state index in [4.69, 9.17) is 0 Å². The van der Waals surface area contributed by atoms with E-state index < -0.39 is 6.10 Å². The van der Waals surface area contributed by atoms with E-state index in [1.807, 2.05) is 49.4 Å². The number of anilines is 1. The second-order valence-corrected chi connectivity index (χ2v) is 6.35. The summed E-state index contributed by atoms with van der Waals surface area (Å²) in [4.78, 5) is 8.81. The van der Waals surface area contributed by atoms with Crippen molar-refractivity contribution in [1.82, 2.24) is 9.88 Å². The molecular formula is C19H24N4O2. The molecule has 0 amide bonds. The molecular weight excluding hydrogens is 316 g/mol. The van der Waals surface area contributed by atoms with Crippen LogP contribution in [0.25, 0.3) is 0 Å². The van der Waals surface area contributed by atoms with Crippen molar-refractivity contribution < 1.29 is 10.3 Å². The highest BCUT2D eigenvalue weighted by Gasteiger charge is 2.23. The quantitative estimate of drug-likeness (QED) is 0.493. The number of aliphatic hydroxyl groups excluding tert-OH is 1. The molecule has 0 saturated carbocycles. The summed E-state index contributed by atoms with van der Waals surface area (Å²) in [6, 6.07) is 13.6.